The first-order valence-electron chi connectivity index (χ1n) is 5.76. The van der Waals surface area contributed by atoms with Crippen molar-refractivity contribution in [3.8, 4) is 5.75 Å². The Morgan fingerprint density at radius 2 is 2.06 bits per heavy atom. The van der Waals surface area contributed by atoms with E-state index < -0.39 is 5.82 Å². The third-order valence-corrected chi connectivity index (χ3v) is 2.93. The smallest absolute Gasteiger partial charge is 0.126 e. The first kappa shape index (κ1) is 13.0. The Labute approximate surface area is 96.5 Å². The van der Waals surface area contributed by atoms with E-state index in [0.29, 0.717) is 5.92 Å². The zero-order chi connectivity index (χ0) is 12.1. The molecule has 0 saturated carbocycles. The van der Waals surface area contributed by atoms with Crippen LogP contribution in [0.2, 0.25) is 0 Å². The van der Waals surface area contributed by atoms with E-state index in [-0.39, 0.29) is 11.8 Å². The van der Waals surface area contributed by atoms with Gasteiger partial charge in [-0.15, -0.1) is 0 Å². The minimum Gasteiger partial charge on any atom is -0.508 e. The van der Waals surface area contributed by atoms with Gasteiger partial charge in [-0.25, -0.2) is 4.39 Å². The summed E-state index contributed by atoms with van der Waals surface area (Å²) in [5.74, 6) is 0.213. The summed E-state index contributed by atoms with van der Waals surface area (Å²) >= 11 is 0. The molecule has 2 atom stereocenters. The van der Waals surface area contributed by atoms with Crippen LogP contribution in [0.3, 0.4) is 0 Å². The molecule has 0 fully saturated rings. The van der Waals surface area contributed by atoms with E-state index in [4.69, 9.17) is 0 Å². The lowest BCUT2D eigenvalue weighted by Crippen LogP contribution is -2.24. The number of hydrogen-bond acceptors (Lipinski definition) is 2. The Balaban J connectivity index is 2.62. The molecule has 2 nitrogen and oxygen atoms in total. The molecule has 0 aromatic heterocycles. The minimum atomic E-state index is -0.407. The van der Waals surface area contributed by atoms with E-state index in [1.807, 2.05) is 6.92 Å². The fraction of sp³-hybridized carbons (Fsp3) is 0.538. The van der Waals surface area contributed by atoms with Crippen LogP contribution in [0.25, 0.3) is 0 Å². The fourth-order valence-corrected chi connectivity index (χ4v) is 1.52. The van der Waals surface area contributed by atoms with Crippen molar-refractivity contribution in [1.82, 2.24) is 5.32 Å². The maximum atomic E-state index is 12.8. The van der Waals surface area contributed by atoms with Crippen LogP contribution >= 0.6 is 0 Å². The molecule has 2 N–H and O–H groups in total. The third kappa shape index (κ3) is 3.49. The number of phenolic OH excluding ortho intramolecular Hbond substituents is 1. The summed E-state index contributed by atoms with van der Waals surface area (Å²) in [6.45, 7) is 7.18. The molecule has 0 amide bonds. The molecule has 90 valence electrons. The molecule has 1 aromatic carbocycles. The normalized spacial score (nSPS) is 14.8. The standard InChI is InChI=1S/C13H20FNO/c1-4-9(2)8-15-10(3)12-6-5-11(14)7-13(12)16/h5-7,9-10,15-16H,4,8H2,1-3H3. The molecule has 0 saturated heterocycles. The van der Waals surface area contributed by atoms with Gasteiger partial charge in [0.15, 0.2) is 0 Å². The van der Waals surface area contributed by atoms with Gasteiger partial charge < -0.3 is 10.4 Å². The summed E-state index contributed by atoms with van der Waals surface area (Å²) in [7, 11) is 0. The number of phenols is 1. The number of rotatable bonds is 5. The zero-order valence-electron chi connectivity index (χ0n) is 10.1. The van der Waals surface area contributed by atoms with E-state index in [0.717, 1.165) is 24.6 Å². The van der Waals surface area contributed by atoms with Gasteiger partial charge in [-0.3, -0.25) is 0 Å². The number of halogens is 1. The Kier molecular flexibility index (Phi) is 4.74. The second-order valence-electron chi connectivity index (χ2n) is 4.35. The van der Waals surface area contributed by atoms with Crippen LogP contribution in [0, 0.1) is 11.7 Å². The molecule has 1 aromatic rings. The van der Waals surface area contributed by atoms with Gasteiger partial charge in [-0.05, 0) is 25.5 Å². The molecule has 16 heavy (non-hydrogen) atoms. The molecule has 0 aliphatic rings. The van der Waals surface area contributed by atoms with Crippen LogP contribution in [-0.2, 0) is 0 Å². The van der Waals surface area contributed by atoms with Crippen LogP contribution in [0.5, 0.6) is 5.75 Å². The average molecular weight is 225 g/mol. The second-order valence-corrected chi connectivity index (χ2v) is 4.35. The van der Waals surface area contributed by atoms with Crippen molar-refractivity contribution < 1.29 is 9.50 Å². The highest BCUT2D eigenvalue weighted by atomic mass is 19.1. The predicted octanol–water partition coefficient (Wildman–Crippen LogP) is 3.23. The summed E-state index contributed by atoms with van der Waals surface area (Å²) in [6.07, 6.45) is 1.12. The Hall–Kier alpha value is -1.09. The molecule has 0 spiro atoms. The van der Waals surface area contributed by atoms with Crippen LogP contribution in [0.1, 0.15) is 38.8 Å². The van der Waals surface area contributed by atoms with Crippen molar-refractivity contribution in [2.24, 2.45) is 5.92 Å². The van der Waals surface area contributed by atoms with Crippen molar-refractivity contribution in [3.63, 3.8) is 0 Å². The van der Waals surface area contributed by atoms with Crippen molar-refractivity contribution in [2.75, 3.05) is 6.54 Å². The predicted molar refractivity (Wildman–Crippen MR) is 63.9 cm³/mol. The van der Waals surface area contributed by atoms with Gasteiger partial charge in [-0.2, -0.15) is 0 Å². The first-order valence-corrected chi connectivity index (χ1v) is 5.76. The van der Waals surface area contributed by atoms with Crippen LogP contribution in [-0.4, -0.2) is 11.7 Å². The quantitative estimate of drug-likeness (QED) is 0.806. The molecule has 0 bridgehead atoms. The first-order chi connectivity index (χ1) is 7.54. The van der Waals surface area contributed by atoms with E-state index >= 15 is 0 Å². The SMILES string of the molecule is CCC(C)CNC(C)c1ccc(F)cc1O. The zero-order valence-corrected chi connectivity index (χ0v) is 10.1. The molecular formula is C13H20FNO. The van der Waals surface area contributed by atoms with Gasteiger partial charge in [0.25, 0.3) is 0 Å². The average Bonchev–Trinajstić information content (AvgIpc) is 2.25. The van der Waals surface area contributed by atoms with Crippen molar-refractivity contribution >= 4 is 0 Å². The summed E-state index contributed by atoms with van der Waals surface area (Å²) in [6, 6.07) is 4.18. The molecule has 0 aliphatic carbocycles. The van der Waals surface area contributed by atoms with Crippen molar-refractivity contribution in [2.45, 2.75) is 33.2 Å². The molecule has 3 heteroatoms. The lowest BCUT2D eigenvalue weighted by molar-refractivity contribution is 0.428. The fourth-order valence-electron chi connectivity index (χ4n) is 1.52. The van der Waals surface area contributed by atoms with Crippen LogP contribution in [0.4, 0.5) is 4.39 Å². The Bertz CT molecular complexity index is 341. The van der Waals surface area contributed by atoms with Crippen molar-refractivity contribution in [3.05, 3.63) is 29.6 Å². The molecule has 0 aliphatic heterocycles. The Morgan fingerprint density at radius 3 is 2.62 bits per heavy atom. The monoisotopic (exact) mass is 225 g/mol. The number of aromatic hydroxyl groups is 1. The van der Waals surface area contributed by atoms with Gasteiger partial charge in [-0.1, -0.05) is 26.3 Å². The molecule has 0 heterocycles. The summed E-state index contributed by atoms with van der Waals surface area (Å²) in [5.41, 5.74) is 0.740. The third-order valence-electron chi connectivity index (χ3n) is 2.93. The number of nitrogens with one attached hydrogen (secondary N) is 1. The van der Waals surface area contributed by atoms with Crippen LogP contribution in [0.15, 0.2) is 18.2 Å². The highest BCUT2D eigenvalue weighted by Gasteiger charge is 2.11. The van der Waals surface area contributed by atoms with Gasteiger partial charge >= 0.3 is 0 Å². The summed E-state index contributed by atoms with van der Waals surface area (Å²) < 4.78 is 12.8. The summed E-state index contributed by atoms with van der Waals surface area (Å²) in [5, 5.41) is 12.9. The van der Waals surface area contributed by atoms with E-state index in [1.54, 1.807) is 6.07 Å². The van der Waals surface area contributed by atoms with Gasteiger partial charge in [0.1, 0.15) is 11.6 Å². The van der Waals surface area contributed by atoms with Gasteiger partial charge in [0.2, 0.25) is 0 Å². The maximum Gasteiger partial charge on any atom is 0.126 e. The lowest BCUT2D eigenvalue weighted by Gasteiger charge is -2.18. The maximum absolute atomic E-state index is 12.8. The van der Waals surface area contributed by atoms with Crippen LogP contribution < -0.4 is 5.32 Å². The van der Waals surface area contributed by atoms with Gasteiger partial charge in [0.05, 0.1) is 0 Å². The topological polar surface area (TPSA) is 32.3 Å². The molecule has 0 radical (unpaired) electrons. The second kappa shape index (κ2) is 5.85. The largest absolute Gasteiger partial charge is 0.508 e. The lowest BCUT2D eigenvalue weighted by atomic mass is 10.1. The van der Waals surface area contributed by atoms with Gasteiger partial charge in [0, 0.05) is 17.7 Å². The van der Waals surface area contributed by atoms with E-state index in [9.17, 15) is 9.50 Å². The highest BCUT2D eigenvalue weighted by Crippen LogP contribution is 2.24. The number of hydrogen-bond donors (Lipinski definition) is 2. The summed E-state index contributed by atoms with van der Waals surface area (Å²) in [4.78, 5) is 0. The number of benzene rings is 1. The van der Waals surface area contributed by atoms with E-state index in [2.05, 4.69) is 19.2 Å². The Morgan fingerprint density at radius 1 is 1.38 bits per heavy atom. The molecule has 2 unspecified atom stereocenters. The molecule has 1 rings (SSSR count). The highest BCUT2D eigenvalue weighted by molar-refractivity contribution is 5.34. The van der Waals surface area contributed by atoms with E-state index in [1.165, 1.54) is 6.07 Å². The van der Waals surface area contributed by atoms with Crippen molar-refractivity contribution in [1.29, 1.82) is 0 Å². The molecular weight excluding hydrogens is 205 g/mol. The minimum absolute atomic E-state index is 0.0177.